The topological polar surface area (TPSA) is 39.7 Å². The third kappa shape index (κ3) is 7.57. The smallest absolute Gasteiger partial charge is 0.132 e. The first-order valence-corrected chi connectivity index (χ1v) is 16.0. The normalized spacial score (nSPS) is 20.5. The van der Waals surface area contributed by atoms with Crippen LogP contribution in [0.5, 0.6) is 5.75 Å². The van der Waals surface area contributed by atoms with E-state index in [-0.39, 0.29) is 17.6 Å². The molecule has 2 atom stereocenters. The van der Waals surface area contributed by atoms with Crippen molar-refractivity contribution in [3.63, 3.8) is 0 Å². The van der Waals surface area contributed by atoms with Crippen LogP contribution in [0.15, 0.2) is 66.7 Å². The molecule has 0 radical (unpaired) electrons. The predicted octanol–water partition coefficient (Wildman–Crippen LogP) is 9.69. The van der Waals surface area contributed by atoms with Crippen LogP contribution < -0.4 is 10.1 Å². The van der Waals surface area contributed by atoms with E-state index in [0.29, 0.717) is 6.61 Å². The fourth-order valence-electron chi connectivity index (χ4n) is 6.42. The molecule has 1 N–H and O–H groups in total. The van der Waals surface area contributed by atoms with Gasteiger partial charge in [0.15, 0.2) is 0 Å². The molecule has 0 bridgehead atoms. The van der Waals surface area contributed by atoms with E-state index in [1.165, 1.54) is 54.4 Å². The monoisotopic (exact) mass is 569 g/mol. The van der Waals surface area contributed by atoms with Crippen LogP contribution in [0.1, 0.15) is 107 Å². The van der Waals surface area contributed by atoms with Crippen LogP contribution in [0.2, 0.25) is 0 Å². The summed E-state index contributed by atoms with van der Waals surface area (Å²) in [4.78, 5) is 0. The minimum absolute atomic E-state index is 0.155. The molecular formula is C38H51NO3. The van der Waals surface area contributed by atoms with Gasteiger partial charge in [0.2, 0.25) is 0 Å². The first-order valence-electron chi connectivity index (χ1n) is 16.0. The van der Waals surface area contributed by atoms with Gasteiger partial charge < -0.3 is 19.5 Å². The van der Waals surface area contributed by atoms with Crippen molar-refractivity contribution in [2.45, 2.75) is 116 Å². The highest BCUT2D eigenvalue weighted by Crippen LogP contribution is 2.45. The van der Waals surface area contributed by atoms with Crippen molar-refractivity contribution in [2.24, 2.45) is 5.92 Å². The maximum atomic E-state index is 6.81. The maximum absolute atomic E-state index is 6.81. The molecule has 1 aliphatic carbocycles. The molecule has 0 saturated heterocycles. The summed E-state index contributed by atoms with van der Waals surface area (Å²) >= 11 is 0. The van der Waals surface area contributed by atoms with Gasteiger partial charge in [-0.25, -0.2) is 0 Å². The van der Waals surface area contributed by atoms with E-state index in [0.717, 1.165) is 42.5 Å². The molecular weight excluding hydrogens is 518 g/mol. The van der Waals surface area contributed by atoms with Gasteiger partial charge in [0, 0.05) is 24.4 Å². The van der Waals surface area contributed by atoms with Crippen LogP contribution >= 0.6 is 0 Å². The summed E-state index contributed by atoms with van der Waals surface area (Å²) in [5.74, 6) is 1.66. The van der Waals surface area contributed by atoms with Gasteiger partial charge in [0.1, 0.15) is 23.6 Å². The number of ether oxygens (including phenoxy) is 3. The number of hydrogen-bond acceptors (Lipinski definition) is 4. The van der Waals surface area contributed by atoms with Crippen LogP contribution in [0.3, 0.4) is 0 Å². The predicted molar refractivity (Wildman–Crippen MR) is 173 cm³/mol. The molecule has 42 heavy (non-hydrogen) atoms. The van der Waals surface area contributed by atoms with Crippen molar-refractivity contribution in [3.05, 3.63) is 94.5 Å². The Balaban J connectivity index is 1.35. The van der Waals surface area contributed by atoms with Gasteiger partial charge in [-0.3, -0.25) is 0 Å². The fourth-order valence-corrected chi connectivity index (χ4v) is 6.42. The second-order valence-electron chi connectivity index (χ2n) is 14.0. The van der Waals surface area contributed by atoms with Gasteiger partial charge in [-0.2, -0.15) is 0 Å². The lowest BCUT2D eigenvalue weighted by atomic mass is 9.86. The van der Waals surface area contributed by atoms with Gasteiger partial charge >= 0.3 is 0 Å². The Labute approximate surface area is 254 Å². The van der Waals surface area contributed by atoms with Crippen molar-refractivity contribution in [1.82, 2.24) is 0 Å². The Bertz CT molecular complexity index is 1300. The quantitative estimate of drug-likeness (QED) is 0.264. The van der Waals surface area contributed by atoms with Crippen molar-refractivity contribution in [1.29, 1.82) is 0 Å². The summed E-state index contributed by atoms with van der Waals surface area (Å²) in [5.41, 5.74) is 6.81. The average molecular weight is 570 g/mol. The summed E-state index contributed by atoms with van der Waals surface area (Å²) in [6, 6.07) is 23.8. The highest BCUT2D eigenvalue weighted by atomic mass is 16.6. The third-order valence-electron chi connectivity index (χ3n) is 9.19. The molecule has 1 aliphatic heterocycles. The summed E-state index contributed by atoms with van der Waals surface area (Å²) in [6.45, 7) is 15.2. The number of benzene rings is 3. The van der Waals surface area contributed by atoms with Gasteiger partial charge in [-0.05, 0) is 79.0 Å². The summed E-state index contributed by atoms with van der Waals surface area (Å²) in [7, 11) is 0. The van der Waals surface area contributed by atoms with E-state index in [4.69, 9.17) is 14.2 Å². The lowest BCUT2D eigenvalue weighted by Crippen LogP contribution is -2.51. The largest absolute Gasteiger partial charge is 0.485 e. The number of fused-ring (bicyclic) bond motifs is 1. The number of rotatable bonds is 10. The number of aryl methyl sites for hydroxylation is 1. The molecule has 1 saturated carbocycles. The molecule has 0 spiro atoms. The third-order valence-corrected chi connectivity index (χ3v) is 9.19. The van der Waals surface area contributed by atoms with Crippen LogP contribution in [-0.2, 0) is 28.0 Å². The molecule has 4 nitrogen and oxygen atoms in total. The van der Waals surface area contributed by atoms with Crippen LogP contribution in [0, 0.1) is 12.8 Å². The maximum Gasteiger partial charge on any atom is 0.132 e. The molecule has 2 unspecified atom stereocenters. The zero-order valence-electron chi connectivity index (χ0n) is 26.7. The van der Waals surface area contributed by atoms with Gasteiger partial charge in [0.05, 0.1) is 6.61 Å². The van der Waals surface area contributed by atoms with E-state index in [1.807, 2.05) is 0 Å². The van der Waals surface area contributed by atoms with Crippen LogP contribution in [0.25, 0.3) is 0 Å². The number of anilines is 1. The van der Waals surface area contributed by atoms with E-state index in [9.17, 15) is 0 Å². The van der Waals surface area contributed by atoms with Gasteiger partial charge in [0.25, 0.3) is 0 Å². The Morgan fingerprint density at radius 2 is 1.64 bits per heavy atom. The molecule has 226 valence electrons. The second kappa shape index (κ2) is 13.2. The van der Waals surface area contributed by atoms with Crippen LogP contribution in [0.4, 0.5) is 5.69 Å². The molecule has 1 fully saturated rings. The van der Waals surface area contributed by atoms with Crippen molar-refractivity contribution < 1.29 is 14.2 Å². The standard InChI is InChI=1S/C38H51NO3/c1-27-12-10-11-15-30(27)26-41-36-35(40-23-22-28-13-8-7-9-14-28)33-24-32(20-21-34(33)42-38(36,5)6)39-25-29-16-18-31(19-17-29)37(2,3)4/h10-12,15-21,24,28,35-36,39H,7-9,13-14,22-23,25-26H2,1-6H3. The summed E-state index contributed by atoms with van der Waals surface area (Å²) in [5, 5.41) is 3.65. The fraction of sp³-hybridized carbons (Fsp3) is 0.526. The first-order chi connectivity index (χ1) is 20.1. The van der Waals surface area contributed by atoms with Crippen molar-refractivity contribution in [3.8, 4) is 5.75 Å². The number of hydrogen-bond donors (Lipinski definition) is 1. The zero-order chi connectivity index (χ0) is 29.7. The van der Waals surface area contributed by atoms with Crippen molar-refractivity contribution in [2.75, 3.05) is 11.9 Å². The second-order valence-corrected chi connectivity index (χ2v) is 14.0. The minimum atomic E-state index is -0.533. The summed E-state index contributed by atoms with van der Waals surface area (Å²) in [6.07, 6.45) is 7.42. The molecule has 4 heteroatoms. The SMILES string of the molecule is Cc1ccccc1COC1C(OCCC2CCCCC2)c2cc(NCc3ccc(C(C)(C)C)cc3)ccc2OC1(C)C. The molecule has 2 aliphatic rings. The Hall–Kier alpha value is -2.82. The van der Waals surface area contributed by atoms with Gasteiger partial charge in [-0.1, -0.05) is 101 Å². The zero-order valence-corrected chi connectivity index (χ0v) is 26.7. The van der Waals surface area contributed by atoms with E-state index >= 15 is 0 Å². The first kappa shape index (κ1) is 30.6. The lowest BCUT2D eigenvalue weighted by molar-refractivity contribution is -0.168. The molecule has 3 aromatic rings. The molecule has 0 aromatic heterocycles. The molecule has 5 rings (SSSR count). The van der Waals surface area contributed by atoms with E-state index < -0.39 is 5.60 Å². The molecule has 0 amide bonds. The molecule has 3 aromatic carbocycles. The summed E-state index contributed by atoms with van der Waals surface area (Å²) < 4.78 is 20.1. The minimum Gasteiger partial charge on any atom is -0.485 e. The van der Waals surface area contributed by atoms with Crippen LogP contribution in [-0.4, -0.2) is 18.3 Å². The lowest BCUT2D eigenvalue weighted by Gasteiger charge is -2.44. The Morgan fingerprint density at radius 3 is 2.36 bits per heavy atom. The van der Waals surface area contributed by atoms with Crippen molar-refractivity contribution >= 4 is 5.69 Å². The Morgan fingerprint density at radius 1 is 0.905 bits per heavy atom. The van der Waals surface area contributed by atoms with E-state index in [1.54, 1.807) is 0 Å². The highest BCUT2D eigenvalue weighted by molar-refractivity contribution is 5.54. The van der Waals surface area contributed by atoms with E-state index in [2.05, 4.69) is 114 Å². The highest BCUT2D eigenvalue weighted by Gasteiger charge is 2.46. The van der Waals surface area contributed by atoms with Gasteiger partial charge in [-0.15, -0.1) is 0 Å². The average Bonchev–Trinajstić information content (AvgIpc) is 2.96. The molecule has 1 heterocycles. The number of nitrogens with one attached hydrogen (secondary N) is 1. The Kier molecular flexibility index (Phi) is 9.64.